The van der Waals surface area contributed by atoms with Crippen LogP contribution >= 0.6 is 15.9 Å². The van der Waals surface area contributed by atoms with Gasteiger partial charge in [0, 0.05) is 16.0 Å². The molecule has 0 bridgehead atoms. The Kier molecular flexibility index (Phi) is 6.43. The van der Waals surface area contributed by atoms with Crippen LogP contribution in [0.2, 0.25) is 0 Å². The second-order valence-electron chi connectivity index (χ2n) is 7.64. The highest BCUT2D eigenvalue weighted by Gasteiger charge is 2.94. The van der Waals surface area contributed by atoms with Gasteiger partial charge in [-0.3, -0.25) is 0 Å². The molecular weight excluding hydrogens is 448 g/mol. The van der Waals surface area contributed by atoms with Crippen molar-refractivity contribution >= 4 is 21.8 Å². The zero-order valence-electron chi connectivity index (χ0n) is 17.6. The minimum absolute atomic E-state index is 0.0755. The van der Waals surface area contributed by atoms with Crippen molar-refractivity contribution in [3.05, 3.63) is 28.2 Å². The SMILES string of the molecule is CCCCOC1(OCCCC)N=C(N)C2(C#N)C(c3cc(Br)ccc3OC)C12C#N. The van der Waals surface area contributed by atoms with Crippen LogP contribution in [0.5, 0.6) is 5.75 Å². The van der Waals surface area contributed by atoms with Crippen LogP contribution < -0.4 is 10.5 Å². The van der Waals surface area contributed by atoms with Crippen molar-refractivity contribution in [2.24, 2.45) is 21.6 Å². The molecule has 1 aromatic rings. The Balaban J connectivity index is 2.16. The fourth-order valence-corrected chi connectivity index (χ4v) is 4.84. The maximum absolute atomic E-state index is 10.5. The summed E-state index contributed by atoms with van der Waals surface area (Å²) in [5.41, 5.74) is 4.30. The van der Waals surface area contributed by atoms with Gasteiger partial charge in [-0.2, -0.15) is 10.5 Å². The van der Waals surface area contributed by atoms with Gasteiger partial charge in [0.15, 0.2) is 5.41 Å². The van der Waals surface area contributed by atoms with Gasteiger partial charge >= 0.3 is 0 Å². The summed E-state index contributed by atoms with van der Waals surface area (Å²) in [6.45, 7) is 4.80. The van der Waals surface area contributed by atoms with E-state index in [1.165, 1.54) is 0 Å². The quantitative estimate of drug-likeness (QED) is 0.400. The Morgan fingerprint density at radius 1 is 1.13 bits per heavy atom. The molecule has 3 unspecified atom stereocenters. The van der Waals surface area contributed by atoms with E-state index in [1.807, 2.05) is 26.0 Å². The van der Waals surface area contributed by atoms with E-state index in [0.717, 1.165) is 30.2 Å². The molecule has 0 radical (unpaired) electrons. The highest BCUT2D eigenvalue weighted by molar-refractivity contribution is 9.10. The molecule has 1 aliphatic heterocycles. The Bertz CT molecular complexity index is 912. The molecule has 160 valence electrons. The Morgan fingerprint density at radius 3 is 2.27 bits per heavy atom. The number of hydrogen-bond acceptors (Lipinski definition) is 7. The van der Waals surface area contributed by atoms with E-state index in [-0.39, 0.29) is 5.84 Å². The first-order valence-electron chi connectivity index (χ1n) is 10.2. The zero-order valence-corrected chi connectivity index (χ0v) is 19.2. The number of benzene rings is 1. The van der Waals surface area contributed by atoms with Crippen LogP contribution in [0.15, 0.2) is 27.7 Å². The van der Waals surface area contributed by atoms with Crippen LogP contribution in [0, 0.1) is 33.5 Å². The van der Waals surface area contributed by atoms with Gasteiger partial charge in [-0.15, -0.1) is 0 Å². The summed E-state index contributed by atoms with van der Waals surface area (Å²) in [5.74, 6) is -1.56. The van der Waals surface area contributed by atoms with Crippen molar-refractivity contribution in [1.29, 1.82) is 10.5 Å². The summed E-state index contributed by atoms with van der Waals surface area (Å²) in [6, 6.07) is 10.2. The number of aliphatic imine (C=N–C) groups is 1. The number of rotatable bonds is 10. The number of nitriles is 2. The maximum Gasteiger partial charge on any atom is 0.293 e. The molecule has 1 saturated carbocycles. The molecule has 7 nitrogen and oxygen atoms in total. The van der Waals surface area contributed by atoms with Crippen molar-refractivity contribution in [3.8, 4) is 17.9 Å². The topological polar surface area (TPSA) is 114 Å². The number of hydrogen-bond donors (Lipinski definition) is 1. The predicted octanol–water partition coefficient (Wildman–Crippen LogP) is 4.23. The molecule has 0 spiro atoms. The molecule has 1 aliphatic carbocycles. The molecule has 0 amide bonds. The molecule has 3 atom stereocenters. The average molecular weight is 475 g/mol. The summed E-state index contributed by atoms with van der Waals surface area (Å²) in [7, 11) is 1.56. The first-order valence-corrected chi connectivity index (χ1v) is 11.0. The van der Waals surface area contributed by atoms with Gasteiger partial charge in [0.25, 0.3) is 5.91 Å². The summed E-state index contributed by atoms with van der Waals surface area (Å²) in [6.07, 6.45) is 3.38. The molecule has 1 aromatic carbocycles. The molecule has 2 N–H and O–H groups in total. The summed E-state index contributed by atoms with van der Waals surface area (Å²) in [4.78, 5) is 4.49. The van der Waals surface area contributed by atoms with Gasteiger partial charge in [-0.25, -0.2) is 4.99 Å². The number of ether oxygens (including phenoxy) is 3. The lowest BCUT2D eigenvalue weighted by molar-refractivity contribution is -0.260. The Hall–Kier alpha value is -2.13. The van der Waals surface area contributed by atoms with E-state index < -0.39 is 22.7 Å². The van der Waals surface area contributed by atoms with Crippen LogP contribution in [-0.4, -0.2) is 32.1 Å². The van der Waals surface area contributed by atoms with Gasteiger partial charge in [0.2, 0.25) is 0 Å². The molecule has 0 saturated heterocycles. The van der Waals surface area contributed by atoms with Crippen molar-refractivity contribution in [2.75, 3.05) is 20.3 Å². The van der Waals surface area contributed by atoms with Gasteiger partial charge in [0.05, 0.1) is 32.5 Å². The third-order valence-electron chi connectivity index (χ3n) is 6.02. The van der Waals surface area contributed by atoms with Crippen LogP contribution in [0.25, 0.3) is 0 Å². The van der Waals surface area contributed by atoms with Crippen molar-refractivity contribution in [2.45, 2.75) is 51.4 Å². The van der Waals surface area contributed by atoms with Gasteiger partial charge in [0.1, 0.15) is 17.0 Å². The predicted molar refractivity (Wildman–Crippen MR) is 116 cm³/mol. The molecule has 30 heavy (non-hydrogen) atoms. The largest absolute Gasteiger partial charge is 0.496 e. The van der Waals surface area contributed by atoms with Gasteiger partial charge < -0.3 is 19.9 Å². The smallest absolute Gasteiger partial charge is 0.293 e. The third-order valence-corrected chi connectivity index (χ3v) is 6.51. The molecule has 1 fully saturated rings. The number of amidine groups is 1. The van der Waals surface area contributed by atoms with Crippen LogP contribution in [0.1, 0.15) is 51.0 Å². The standard InChI is InChI=1S/C22H27BrN4O3/c1-4-6-10-29-22(30-11-7-5-2)21(14-25)18(20(21,13-24)19(26)27-22)16-12-15(23)8-9-17(16)28-3/h8-9,12,18H,4-7,10-11H2,1-3H3,(H2,26,27). The highest BCUT2D eigenvalue weighted by Crippen LogP contribution is 2.82. The molecule has 3 rings (SSSR count). The number of nitrogens with zero attached hydrogens (tertiary/aromatic N) is 3. The fraction of sp³-hybridized carbons (Fsp3) is 0.591. The number of nitrogens with two attached hydrogens (primary N) is 1. The number of unbranched alkanes of at least 4 members (excludes halogenated alkanes) is 2. The highest BCUT2D eigenvalue weighted by atomic mass is 79.9. The minimum Gasteiger partial charge on any atom is -0.496 e. The molecule has 0 aromatic heterocycles. The summed E-state index contributed by atoms with van der Waals surface area (Å²) < 4.78 is 18.7. The fourth-order valence-electron chi connectivity index (χ4n) is 4.47. The maximum atomic E-state index is 10.5. The Morgan fingerprint density at radius 2 is 1.77 bits per heavy atom. The van der Waals surface area contributed by atoms with E-state index in [2.05, 4.69) is 33.1 Å². The summed E-state index contributed by atoms with van der Waals surface area (Å²) in [5, 5.41) is 20.7. The number of halogens is 1. The minimum atomic E-state index is -1.62. The van der Waals surface area contributed by atoms with Crippen molar-refractivity contribution in [3.63, 3.8) is 0 Å². The molecule has 2 aliphatic rings. The number of methoxy groups -OCH3 is 1. The van der Waals surface area contributed by atoms with Crippen molar-refractivity contribution in [1.82, 2.24) is 0 Å². The third kappa shape index (κ3) is 2.93. The molecule has 1 heterocycles. The first-order chi connectivity index (χ1) is 14.4. The van der Waals surface area contributed by atoms with E-state index in [1.54, 1.807) is 13.2 Å². The first kappa shape index (κ1) is 22.6. The van der Waals surface area contributed by atoms with E-state index >= 15 is 0 Å². The van der Waals surface area contributed by atoms with Gasteiger partial charge in [-0.05, 0) is 31.0 Å². The van der Waals surface area contributed by atoms with Crippen molar-refractivity contribution < 1.29 is 14.2 Å². The average Bonchev–Trinajstić information content (AvgIpc) is 3.32. The Labute approximate surface area is 185 Å². The summed E-state index contributed by atoms with van der Waals surface area (Å²) >= 11 is 3.48. The number of fused-ring (bicyclic) bond motifs is 1. The van der Waals surface area contributed by atoms with E-state index in [4.69, 9.17) is 19.9 Å². The van der Waals surface area contributed by atoms with Crippen LogP contribution in [0.3, 0.4) is 0 Å². The molecular formula is C22H27BrN4O3. The van der Waals surface area contributed by atoms with E-state index in [0.29, 0.717) is 24.5 Å². The lowest BCUT2D eigenvalue weighted by Crippen LogP contribution is -2.44. The lowest BCUT2D eigenvalue weighted by atomic mass is 9.93. The second kappa shape index (κ2) is 8.55. The molecule has 8 heteroatoms. The zero-order chi connectivity index (χ0) is 22.0. The van der Waals surface area contributed by atoms with E-state index in [9.17, 15) is 10.5 Å². The van der Waals surface area contributed by atoms with Gasteiger partial charge in [-0.1, -0.05) is 42.6 Å². The van der Waals surface area contributed by atoms with Crippen LogP contribution in [-0.2, 0) is 9.47 Å². The lowest BCUT2D eigenvalue weighted by Gasteiger charge is -2.32. The van der Waals surface area contributed by atoms with Crippen LogP contribution in [0.4, 0.5) is 0 Å². The normalized spacial score (nSPS) is 28.2. The monoisotopic (exact) mass is 474 g/mol. The second-order valence-corrected chi connectivity index (χ2v) is 8.56.